The van der Waals surface area contributed by atoms with Gasteiger partial charge >= 0.3 is 0 Å². The summed E-state index contributed by atoms with van der Waals surface area (Å²) in [5, 5.41) is 110. The molecule has 2 aliphatic heterocycles. The molecule has 7 unspecified atom stereocenters. The Labute approximate surface area is 481 Å². The van der Waals surface area contributed by atoms with Gasteiger partial charge in [0.05, 0.1) is 96.5 Å². The number of carbonyl (C=O) groups is 5. The van der Waals surface area contributed by atoms with Crippen LogP contribution in [0.15, 0.2) is 41.5 Å². The third-order valence-corrected chi connectivity index (χ3v) is 15.9. The number of hydrazone groups is 1. The molecule has 0 spiro atoms. The molecule has 0 amide bonds. The van der Waals surface area contributed by atoms with E-state index in [1.54, 1.807) is 14.0 Å². The first-order chi connectivity index (χ1) is 39.8. The van der Waals surface area contributed by atoms with E-state index in [0.29, 0.717) is 6.61 Å². The molecule has 2 fully saturated rings. The van der Waals surface area contributed by atoms with E-state index in [9.17, 15) is 75.0 Å². The number of ketones is 5. The molecule has 0 bridgehead atoms. The summed E-state index contributed by atoms with van der Waals surface area (Å²) in [4.78, 5) is 66.0. The van der Waals surface area contributed by atoms with Crippen molar-refractivity contribution in [1.29, 1.82) is 0 Å². The Kier molecular flexibility index (Phi) is 20.0. The number of nitrogens with zero attached hydrogens (tertiary/aromatic N) is 1. The standard InChI is InChI=1S/C28H33N3O10.C22H20O9.C6H13NO2.CH6N2/c1-11-23(33)14(29)7-18(40-11)41-16-9-28(38,17(10-32)31-30-2)8-13-20(16)27(37)22-21(25(13)35)24(34)12-5-4-6-15(39-3)19(12)26(22)36;1-30-11-5-3-4-9-14(11)20(27)17-16(18(9)25)19(26)10-6-22(29,13(24)8-23)7-12(31-2)15(10)21(17)28;1-4-6(8)5(7)2-3-9-4;1-3-2/h4-6,11,14,16,18,23,30,32-33,35,37-38H,7-10,29H2,1-3H3;3-5,12,23,26,28-29H,6-8H2,1-2H3;4-6,8H,2-3,7H2,1H3;3H,2H2,1H3/b31-17+;;;/t11?,14?,16-,18?,23?,28-;12-,22-;;/m00../s1. The Hall–Kier alpha value is -7.06. The normalized spacial score (nSPS) is 27.5. The van der Waals surface area contributed by atoms with E-state index >= 15 is 0 Å². The lowest BCUT2D eigenvalue weighted by Crippen LogP contribution is -2.53. The summed E-state index contributed by atoms with van der Waals surface area (Å²) in [6.45, 7) is 2.53. The topological polar surface area (TPSA) is 458 Å². The van der Waals surface area contributed by atoms with Gasteiger partial charge in [0, 0.05) is 98.3 Å². The number of phenolic OH excluding ortho intramolecular Hbond substituents is 4. The van der Waals surface area contributed by atoms with Crippen LogP contribution in [-0.4, -0.2) is 195 Å². The lowest BCUT2D eigenvalue weighted by atomic mass is 9.71. The van der Waals surface area contributed by atoms with Crippen LogP contribution in [0, 0.1) is 0 Å². The molecule has 0 aromatic heterocycles. The number of aliphatic hydroxyl groups excluding tert-OH is 4. The number of fused-ring (bicyclic) bond motifs is 6. The molecule has 2 heterocycles. The van der Waals surface area contributed by atoms with Crippen molar-refractivity contribution in [3.63, 3.8) is 0 Å². The second-order valence-electron chi connectivity index (χ2n) is 20.9. The smallest absolute Gasteiger partial charge is 0.202 e. The SMILES string of the molecule is CC1OCCC(N)C1O.CN/N=C(\CO)[C@]1(O)Cc2c(O)c3c(c(O)c2[C@@H](OC2CC(N)C(O)C(C)O2)C1)C(=O)c1c(OC)cccc1C3=O.CNN.COc1cccc2c1C(=O)c1c(O)c3c(c(O)c1C2=O)C[C@@](O)(C(=O)CO)C[C@@H]3OC. The van der Waals surface area contributed by atoms with Crippen molar-refractivity contribution in [2.45, 2.75) is 119 Å². The number of aliphatic hydroxyl groups is 6. The first-order valence-electron chi connectivity index (χ1n) is 26.7. The number of methoxy groups -OCH3 is 3. The third kappa shape index (κ3) is 11.6. The van der Waals surface area contributed by atoms with Crippen molar-refractivity contribution >= 4 is 34.6 Å². The number of hydrogen-bond donors (Lipinski definition) is 15. The number of hydrazine groups is 1. The monoisotopic (exact) mass is 1180 g/mol. The molecule has 27 heteroatoms. The van der Waals surface area contributed by atoms with Crippen LogP contribution in [-0.2, 0) is 36.6 Å². The summed E-state index contributed by atoms with van der Waals surface area (Å²) in [7, 11) is 7.08. The first-order valence-corrected chi connectivity index (χ1v) is 26.7. The van der Waals surface area contributed by atoms with Crippen molar-refractivity contribution in [2.75, 3.05) is 55.2 Å². The molecular weight excluding hydrogens is 1100 g/mol. The maximum absolute atomic E-state index is 13.8. The van der Waals surface area contributed by atoms with E-state index < -0.39 is 142 Å². The Morgan fingerprint density at radius 1 is 0.679 bits per heavy atom. The molecule has 6 aliphatic rings. The number of rotatable bonds is 10. The molecule has 4 aromatic rings. The highest BCUT2D eigenvalue weighted by Gasteiger charge is 2.51. The number of benzene rings is 4. The van der Waals surface area contributed by atoms with Gasteiger partial charge in [-0.05, 0) is 39.4 Å². The van der Waals surface area contributed by atoms with Crippen molar-refractivity contribution in [3.05, 3.63) is 103 Å². The second-order valence-corrected chi connectivity index (χ2v) is 20.9. The van der Waals surface area contributed by atoms with Gasteiger partial charge in [-0.2, -0.15) is 5.10 Å². The largest absolute Gasteiger partial charge is 0.507 e. The highest BCUT2D eigenvalue weighted by molar-refractivity contribution is 6.32. The molecule has 27 nitrogen and oxygen atoms in total. The lowest BCUT2D eigenvalue weighted by Gasteiger charge is -2.43. The number of ether oxygens (including phenoxy) is 6. The zero-order valence-electron chi connectivity index (χ0n) is 47.2. The van der Waals surface area contributed by atoms with Crippen molar-refractivity contribution in [2.24, 2.45) is 22.4 Å². The second kappa shape index (κ2) is 26.1. The Bertz CT molecular complexity index is 3230. The number of aromatic hydroxyl groups is 4. The summed E-state index contributed by atoms with van der Waals surface area (Å²) < 4.78 is 32.9. The molecular formula is C57H72N6O21. The van der Waals surface area contributed by atoms with Gasteiger partial charge < -0.3 is 96.4 Å². The molecule has 456 valence electrons. The fourth-order valence-electron chi connectivity index (χ4n) is 11.5. The average molecular weight is 1180 g/mol. The van der Waals surface area contributed by atoms with Gasteiger partial charge in [0.15, 0.2) is 23.6 Å². The van der Waals surface area contributed by atoms with Crippen LogP contribution in [0.25, 0.3) is 0 Å². The minimum absolute atomic E-state index is 0.00713. The molecule has 2 saturated heterocycles. The maximum atomic E-state index is 13.8. The zero-order valence-corrected chi connectivity index (χ0v) is 47.2. The molecule has 4 aromatic carbocycles. The highest BCUT2D eigenvalue weighted by Crippen LogP contribution is 2.54. The molecule has 84 heavy (non-hydrogen) atoms. The number of phenols is 4. The molecule has 10 rings (SSSR count). The predicted octanol–water partition coefficient (Wildman–Crippen LogP) is -0.621. The van der Waals surface area contributed by atoms with Crippen LogP contribution in [0.1, 0.15) is 138 Å². The number of nitrogens with two attached hydrogens (primary N) is 3. The zero-order chi connectivity index (χ0) is 62.0. The van der Waals surface area contributed by atoms with Crippen LogP contribution >= 0.6 is 0 Å². The molecule has 4 aliphatic carbocycles. The number of carbonyl (C=O) groups excluding carboxylic acids is 5. The maximum Gasteiger partial charge on any atom is 0.202 e. The van der Waals surface area contributed by atoms with Crippen LogP contribution in [0.3, 0.4) is 0 Å². The summed E-state index contributed by atoms with van der Waals surface area (Å²) in [6, 6.07) is 8.09. The van der Waals surface area contributed by atoms with Crippen LogP contribution < -0.4 is 37.6 Å². The van der Waals surface area contributed by atoms with Gasteiger partial charge in [-0.3, -0.25) is 35.2 Å². The lowest BCUT2D eigenvalue weighted by molar-refractivity contribution is -0.245. The van der Waals surface area contributed by atoms with Gasteiger partial charge in [0.1, 0.15) is 52.3 Å². The summed E-state index contributed by atoms with van der Waals surface area (Å²) >= 11 is 0. The quantitative estimate of drug-likeness (QED) is 0.0352. The minimum atomic E-state index is -2.08. The van der Waals surface area contributed by atoms with Crippen LogP contribution in [0.2, 0.25) is 0 Å². The molecule has 0 radical (unpaired) electrons. The Balaban J connectivity index is 0.000000206. The van der Waals surface area contributed by atoms with E-state index in [1.165, 1.54) is 64.8 Å². The Morgan fingerprint density at radius 2 is 1.14 bits per heavy atom. The van der Waals surface area contributed by atoms with Crippen molar-refractivity contribution in [1.82, 2.24) is 10.9 Å². The first kappa shape index (κ1) is 64.5. The highest BCUT2D eigenvalue weighted by atomic mass is 16.7. The number of nitrogens with one attached hydrogen (secondary N) is 2. The van der Waals surface area contributed by atoms with Gasteiger partial charge in [0.2, 0.25) is 11.6 Å². The van der Waals surface area contributed by atoms with Crippen molar-refractivity contribution in [3.8, 4) is 34.5 Å². The van der Waals surface area contributed by atoms with Gasteiger partial charge in [-0.15, -0.1) is 0 Å². The van der Waals surface area contributed by atoms with Crippen LogP contribution in [0.5, 0.6) is 34.5 Å². The minimum Gasteiger partial charge on any atom is -0.507 e. The van der Waals surface area contributed by atoms with Gasteiger partial charge in [-0.25, -0.2) is 0 Å². The van der Waals surface area contributed by atoms with E-state index in [-0.39, 0.29) is 105 Å². The molecule has 0 saturated carbocycles. The Morgan fingerprint density at radius 3 is 1.57 bits per heavy atom. The summed E-state index contributed by atoms with van der Waals surface area (Å²) in [6.07, 6.45) is -6.12. The summed E-state index contributed by atoms with van der Waals surface area (Å²) in [5.74, 6) is -1.30. The third-order valence-electron chi connectivity index (χ3n) is 15.9. The van der Waals surface area contributed by atoms with Crippen LogP contribution in [0.4, 0.5) is 0 Å². The van der Waals surface area contributed by atoms with Gasteiger partial charge in [-0.1, -0.05) is 24.3 Å². The fraction of sp³-hybridized carbons (Fsp3) is 0.474. The summed E-state index contributed by atoms with van der Waals surface area (Å²) in [5.41, 5.74) is 10.4. The molecule has 18 N–H and O–H groups in total. The fourth-order valence-corrected chi connectivity index (χ4v) is 11.5. The number of hydrogen-bond acceptors (Lipinski definition) is 27. The van der Waals surface area contributed by atoms with E-state index in [4.69, 9.17) is 39.9 Å². The number of Topliss-reactive ketones (excluding diaryl/α,β-unsaturated/α-hetero) is 1. The van der Waals surface area contributed by atoms with E-state index in [1.807, 2.05) is 6.92 Å². The van der Waals surface area contributed by atoms with Gasteiger partial charge in [0.25, 0.3) is 0 Å². The van der Waals surface area contributed by atoms with E-state index in [2.05, 4.69) is 21.8 Å². The van der Waals surface area contributed by atoms with Crippen molar-refractivity contribution < 1.29 is 103 Å². The molecule has 11 atom stereocenters. The average Bonchev–Trinajstić information content (AvgIpc) is 0.777. The van der Waals surface area contributed by atoms with E-state index in [0.717, 1.165) is 6.42 Å². The predicted molar refractivity (Wildman–Crippen MR) is 295 cm³/mol.